The van der Waals surface area contributed by atoms with Gasteiger partial charge < -0.3 is 14.4 Å². The highest BCUT2D eigenvalue weighted by molar-refractivity contribution is 9.10. The van der Waals surface area contributed by atoms with Crippen molar-refractivity contribution < 1.29 is 23.9 Å². The number of rotatable bonds is 3. The van der Waals surface area contributed by atoms with Gasteiger partial charge in [0.15, 0.2) is 17.3 Å². The van der Waals surface area contributed by atoms with Crippen LogP contribution in [0.15, 0.2) is 71.2 Å². The molecule has 38 heavy (non-hydrogen) atoms. The van der Waals surface area contributed by atoms with Crippen LogP contribution in [0, 0.1) is 11.8 Å². The Morgan fingerprint density at radius 1 is 0.895 bits per heavy atom. The van der Waals surface area contributed by atoms with Crippen LogP contribution in [0.25, 0.3) is 6.08 Å². The van der Waals surface area contributed by atoms with Gasteiger partial charge in [0, 0.05) is 26.8 Å². The van der Waals surface area contributed by atoms with Gasteiger partial charge in [-0.1, -0.05) is 57.9 Å². The summed E-state index contributed by atoms with van der Waals surface area (Å²) in [6, 6.07) is 16.2. The fourth-order valence-corrected chi connectivity index (χ4v) is 6.47. The Bertz CT molecular complexity index is 1560. The molecule has 0 aliphatic carbocycles. The Hall–Kier alpha value is -3.62. The van der Waals surface area contributed by atoms with Crippen LogP contribution in [-0.2, 0) is 9.59 Å². The summed E-state index contributed by atoms with van der Waals surface area (Å²) in [7, 11) is 0. The molecule has 4 heterocycles. The summed E-state index contributed by atoms with van der Waals surface area (Å²) in [5.74, 6) is -1.52. The Balaban J connectivity index is 1.35. The van der Waals surface area contributed by atoms with Crippen LogP contribution in [0.3, 0.4) is 0 Å². The van der Waals surface area contributed by atoms with Gasteiger partial charge in [0.25, 0.3) is 0 Å². The van der Waals surface area contributed by atoms with Gasteiger partial charge in [0.1, 0.15) is 19.3 Å². The van der Waals surface area contributed by atoms with E-state index < -0.39 is 29.8 Å². The topological polar surface area (TPSA) is 76.1 Å². The van der Waals surface area contributed by atoms with Gasteiger partial charge in [-0.2, -0.15) is 0 Å². The summed E-state index contributed by atoms with van der Waals surface area (Å²) in [6.45, 7) is 0.824. The maximum absolute atomic E-state index is 14.1. The molecule has 3 aromatic carbocycles. The van der Waals surface area contributed by atoms with Gasteiger partial charge in [-0.05, 0) is 42.0 Å². The lowest BCUT2D eigenvalue weighted by atomic mass is 9.86. The molecule has 3 aromatic rings. The van der Waals surface area contributed by atoms with Crippen molar-refractivity contribution in [2.45, 2.75) is 12.1 Å². The molecule has 9 heteroatoms. The van der Waals surface area contributed by atoms with E-state index in [2.05, 4.69) is 15.9 Å². The van der Waals surface area contributed by atoms with Crippen LogP contribution < -0.4 is 19.3 Å². The van der Waals surface area contributed by atoms with Crippen LogP contribution in [0.1, 0.15) is 15.9 Å². The van der Waals surface area contributed by atoms with E-state index in [1.807, 2.05) is 23.1 Å². The van der Waals surface area contributed by atoms with Crippen LogP contribution in [-0.4, -0.2) is 42.9 Å². The number of benzene rings is 3. The molecule has 0 unspecified atom stereocenters. The molecule has 7 rings (SSSR count). The normalized spacial score (nSPS) is 24.8. The third kappa shape index (κ3) is 3.43. The fourth-order valence-electron chi connectivity index (χ4n) is 6.04. The van der Waals surface area contributed by atoms with Gasteiger partial charge in [0.05, 0.1) is 23.6 Å². The zero-order valence-electron chi connectivity index (χ0n) is 19.8. The second-order valence-corrected chi connectivity index (χ2v) is 11.0. The van der Waals surface area contributed by atoms with E-state index in [1.54, 1.807) is 54.6 Å². The molecule has 0 bridgehead atoms. The maximum atomic E-state index is 14.1. The van der Waals surface area contributed by atoms with Crippen LogP contribution in [0.4, 0.5) is 11.4 Å². The van der Waals surface area contributed by atoms with Gasteiger partial charge in [0.2, 0.25) is 11.8 Å². The lowest BCUT2D eigenvalue weighted by Crippen LogP contribution is -2.48. The van der Waals surface area contributed by atoms with Crippen molar-refractivity contribution in [1.29, 1.82) is 0 Å². The summed E-state index contributed by atoms with van der Waals surface area (Å²) in [5.41, 5.74) is 2.49. The average molecular weight is 592 g/mol. The number of nitrogens with zero attached hydrogens (tertiary/aromatic N) is 2. The van der Waals surface area contributed by atoms with Crippen molar-refractivity contribution in [3.05, 3.63) is 87.4 Å². The smallest absolute Gasteiger partial charge is 0.240 e. The highest BCUT2D eigenvalue weighted by Gasteiger charge is 2.64. The number of hydrogen-bond donors (Lipinski definition) is 0. The van der Waals surface area contributed by atoms with E-state index in [0.29, 0.717) is 41.0 Å². The van der Waals surface area contributed by atoms with Crippen molar-refractivity contribution in [1.82, 2.24) is 0 Å². The average Bonchev–Trinajstić information content (AvgIpc) is 3.41. The van der Waals surface area contributed by atoms with Crippen molar-refractivity contribution >= 4 is 62.6 Å². The second-order valence-electron chi connectivity index (χ2n) is 9.67. The van der Waals surface area contributed by atoms with E-state index in [0.717, 1.165) is 15.7 Å². The number of carbonyl (C=O) groups is 3. The third-order valence-corrected chi connectivity index (χ3v) is 8.42. The SMILES string of the molecule is O=C(c1ccc(Br)cc1)[C@H]1[C@H]2C(=O)N(c3ccc4c(c3)OCCO4)C(=O)[C@@H]2[C@H]2C=Cc3ccc(Cl)cc3N21. The molecule has 0 radical (unpaired) electrons. The van der Waals surface area contributed by atoms with Gasteiger partial charge >= 0.3 is 0 Å². The Kier molecular flexibility index (Phi) is 5.39. The highest BCUT2D eigenvalue weighted by Crippen LogP contribution is 2.50. The summed E-state index contributed by atoms with van der Waals surface area (Å²) >= 11 is 9.78. The number of imide groups is 1. The Morgan fingerprint density at radius 2 is 1.63 bits per heavy atom. The minimum absolute atomic E-state index is 0.221. The quantitative estimate of drug-likeness (QED) is 0.310. The third-order valence-electron chi connectivity index (χ3n) is 7.65. The number of carbonyl (C=O) groups excluding carboxylic acids is 3. The number of ketones is 1. The molecule has 4 aliphatic rings. The van der Waals surface area contributed by atoms with Crippen molar-refractivity contribution in [2.24, 2.45) is 11.8 Å². The lowest BCUT2D eigenvalue weighted by molar-refractivity contribution is -0.122. The molecule has 4 atom stereocenters. The van der Waals surface area contributed by atoms with E-state index >= 15 is 0 Å². The molecule has 4 aliphatic heterocycles. The first kappa shape index (κ1) is 23.5. The van der Waals surface area contributed by atoms with Crippen molar-refractivity contribution in [3.63, 3.8) is 0 Å². The molecule has 7 nitrogen and oxygen atoms in total. The molecule has 2 fully saturated rings. The van der Waals surface area contributed by atoms with Gasteiger partial charge in [-0.15, -0.1) is 0 Å². The maximum Gasteiger partial charge on any atom is 0.240 e. The summed E-state index contributed by atoms with van der Waals surface area (Å²) in [5, 5.41) is 0.514. The number of anilines is 2. The molecule has 0 aromatic heterocycles. The predicted octanol–water partition coefficient (Wildman–Crippen LogP) is 5.15. The fraction of sp³-hybridized carbons (Fsp3) is 0.207. The number of ether oxygens (including phenoxy) is 2. The van der Waals surface area contributed by atoms with Gasteiger partial charge in [-0.3, -0.25) is 14.4 Å². The molecular formula is C29H20BrClN2O5. The molecular weight excluding hydrogens is 572 g/mol. The largest absolute Gasteiger partial charge is 0.486 e. The standard InChI is InChI=1S/C29H20BrClN2O5/c30-17-5-1-16(2-6-17)27(34)26-25-24(20-9-4-15-3-7-18(31)13-21(15)33(20)26)28(35)32(29(25)36)19-8-10-22-23(14-19)38-12-11-37-22/h1-10,13-14,20,24-26H,11-12H2/t20-,24-,25+,26-/m1/s1. The summed E-state index contributed by atoms with van der Waals surface area (Å²) in [4.78, 5) is 45.3. The van der Waals surface area contributed by atoms with Crippen LogP contribution in [0.5, 0.6) is 11.5 Å². The highest BCUT2D eigenvalue weighted by atomic mass is 79.9. The lowest BCUT2D eigenvalue weighted by Gasteiger charge is -2.36. The molecule has 2 amide bonds. The zero-order valence-corrected chi connectivity index (χ0v) is 22.2. The number of fused-ring (bicyclic) bond motifs is 6. The molecule has 0 N–H and O–H groups in total. The van der Waals surface area contributed by atoms with Crippen molar-refractivity contribution in [2.75, 3.05) is 23.0 Å². The van der Waals surface area contributed by atoms with E-state index in [4.69, 9.17) is 21.1 Å². The second kappa shape index (κ2) is 8.71. The Labute approximate surface area is 231 Å². The number of Topliss-reactive ketones (excluding diaryl/α,β-unsaturated/α-hetero) is 1. The minimum atomic E-state index is -0.882. The number of amides is 2. The van der Waals surface area contributed by atoms with E-state index in [-0.39, 0.29) is 11.7 Å². The summed E-state index contributed by atoms with van der Waals surface area (Å²) in [6.07, 6.45) is 3.85. The first-order chi connectivity index (χ1) is 18.4. The van der Waals surface area contributed by atoms with Crippen molar-refractivity contribution in [3.8, 4) is 11.5 Å². The number of halogens is 2. The van der Waals surface area contributed by atoms with E-state index in [1.165, 1.54) is 4.90 Å². The molecule has 0 saturated carbocycles. The van der Waals surface area contributed by atoms with Crippen LogP contribution >= 0.6 is 27.5 Å². The van der Waals surface area contributed by atoms with E-state index in [9.17, 15) is 14.4 Å². The van der Waals surface area contributed by atoms with Gasteiger partial charge in [-0.25, -0.2) is 4.90 Å². The summed E-state index contributed by atoms with van der Waals surface area (Å²) < 4.78 is 12.1. The minimum Gasteiger partial charge on any atom is -0.486 e. The molecule has 2 saturated heterocycles. The molecule has 190 valence electrons. The first-order valence-electron chi connectivity index (χ1n) is 12.3. The van der Waals surface area contributed by atoms with Crippen LogP contribution in [0.2, 0.25) is 5.02 Å². The monoisotopic (exact) mass is 590 g/mol. The first-order valence-corrected chi connectivity index (χ1v) is 13.4. The predicted molar refractivity (Wildman–Crippen MR) is 146 cm³/mol. The molecule has 0 spiro atoms. The zero-order chi connectivity index (χ0) is 26.1. The number of hydrogen-bond acceptors (Lipinski definition) is 6. The Morgan fingerprint density at radius 3 is 2.42 bits per heavy atom.